The highest BCUT2D eigenvalue weighted by Gasteiger charge is 2.86. The Bertz CT molecular complexity index is 1590. The molecule has 5 aliphatic rings. The van der Waals surface area contributed by atoms with E-state index in [9.17, 15) is 8.42 Å². The Morgan fingerprint density at radius 3 is 2.45 bits per heavy atom. The van der Waals surface area contributed by atoms with E-state index in [-0.39, 0.29) is 22.9 Å². The molecule has 3 aliphatic carbocycles. The summed E-state index contributed by atoms with van der Waals surface area (Å²) in [6, 6.07) is 15.4. The minimum Gasteiger partial charge on any atom is -0.473 e. The van der Waals surface area contributed by atoms with Gasteiger partial charge in [-0.05, 0) is 110 Å². The minimum atomic E-state index is -3.87. The summed E-state index contributed by atoms with van der Waals surface area (Å²) in [4.78, 5) is 12.1. The first-order chi connectivity index (χ1) is 19.3. The standard InChI is InChI=1S/C32H36N4O3S/c1-20-5-3-6-21(2)29(20)26-17-28-34-30(33-26)35-40(37,38)25-8-4-7-22(16-25)23-9-14-36(18-24(15-23)39-28)19-27-31(10-11-31)32(27)12-13-32/h3-8,16-17,23-24,27H,9-15,18-19H2,1-2H3,(H,33,34,35)/t23?,24-/m0/s1. The fourth-order valence-corrected chi connectivity index (χ4v) is 9.35. The van der Waals surface area contributed by atoms with Crippen LogP contribution in [0.5, 0.6) is 5.88 Å². The molecule has 1 N–H and O–H groups in total. The molecule has 1 saturated heterocycles. The Kier molecular flexibility index (Phi) is 5.28. The van der Waals surface area contributed by atoms with Gasteiger partial charge in [-0.15, -0.1) is 0 Å². The largest absolute Gasteiger partial charge is 0.473 e. The fraction of sp³-hybridized carbons (Fsp3) is 0.500. The first-order valence-electron chi connectivity index (χ1n) is 14.7. The van der Waals surface area contributed by atoms with E-state index >= 15 is 0 Å². The van der Waals surface area contributed by atoms with Gasteiger partial charge in [0.2, 0.25) is 11.8 Å². The molecule has 2 atom stereocenters. The SMILES string of the molecule is Cc1cccc(C)c1-c1cc2nc(n1)NS(=O)(=O)c1cccc(c1)C1CCN(CC3C4(CC4)C34CC4)C[C@H](C1)O2. The number of aromatic nitrogens is 2. The Hall–Kier alpha value is -2.97. The summed E-state index contributed by atoms with van der Waals surface area (Å²) in [6.07, 6.45) is 7.46. The summed E-state index contributed by atoms with van der Waals surface area (Å²) in [5.74, 6) is 1.52. The van der Waals surface area contributed by atoms with Crippen molar-refractivity contribution >= 4 is 16.0 Å². The number of sulfonamides is 1. The van der Waals surface area contributed by atoms with Crippen molar-refractivity contribution in [2.45, 2.75) is 69.3 Å². The van der Waals surface area contributed by atoms with Crippen molar-refractivity contribution in [2.24, 2.45) is 16.7 Å². The third-order valence-corrected chi connectivity index (χ3v) is 12.0. The van der Waals surface area contributed by atoms with Crippen molar-refractivity contribution in [1.82, 2.24) is 14.9 Å². The molecule has 2 aromatic carbocycles. The molecule has 8 rings (SSSR count). The van der Waals surface area contributed by atoms with Crippen molar-refractivity contribution in [3.8, 4) is 17.1 Å². The number of fused-ring (bicyclic) bond motifs is 8. The van der Waals surface area contributed by atoms with Crippen LogP contribution in [0, 0.1) is 30.6 Å². The highest BCUT2D eigenvalue weighted by molar-refractivity contribution is 7.92. The van der Waals surface area contributed by atoms with Gasteiger partial charge in [0.05, 0.1) is 10.6 Å². The molecule has 0 radical (unpaired) electrons. The molecule has 2 spiro atoms. The topological polar surface area (TPSA) is 84.4 Å². The number of likely N-dealkylation sites (tertiary alicyclic amines) is 1. The number of ether oxygens (including phenoxy) is 1. The second-order valence-electron chi connectivity index (χ2n) is 12.9. The van der Waals surface area contributed by atoms with E-state index in [1.54, 1.807) is 6.07 Å². The lowest BCUT2D eigenvalue weighted by Gasteiger charge is -2.26. The van der Waals surface area contributed by atoms with Crippen molar-refractivity contribution in [2.75, 3.05) is 24.4 Å². The van der Waals surface area contributed by atoms with Crippen molar-refractivity contribution in [3.63, 3.8) is 0 Å². The lowest BCUT2D eigenvalue weighted by Crippen LogP contribution is -2.36. The van der Waals surface area contributed by atoms with Crippen LogP contribution in [0.15, 0.2) is 53.4 Å². The molecule has 1 unspecified atom stereocenters. The zero-order valence-electron chi connectivity index (χ0n) is 23.2. The predicted molar refractivity (Wildman–Crippen MR) is 154 cm³/mol. The summed E-state index contributed by atoms with van der Waals surface area (Å²) in [6.45, 7) is 7.12. The number of hydrogen-bond donors (Lipinski definition) is 1. The van der Waals surface area contributed by atoms with Gasteiger partial charge in [0.15, 0.2) is 0 Å². The molecule has 0 amide bonds. The zero-order valence-corrected chi connectivity index (χ0v) is 24.0. The van der Waals surface area contributed by atoms with E-state index in [0.29, 0.717) is 22.4 Å². The molecule has 6 bridgehead atoms. The predicted octanol–water partition coefficient (Wildman–Crippen LogP) is 5.69. The quantitative estimate of drug-likeness (QED) is 0.446. The number of anilines is 1. The van der Waals surface area contributed by atoms with Crippen LogP contribution in [0.3, 0.4) is 0 Å². The van der Waals surface area contributed by atoms with Gasteiger partial charge in [0.25, 0.3) is 10.0 Å². The molecule has 208 valence electrons. The third-order valence-electron chi connectivity index (χ3n) is 10.7. The fourth-order valence-electron chi connectivity index (χ4n) is 8.35. The van der Waals surface area contributed by atoms with Crippen molar-refractivity contribution in [1.29, 1.82) is 0 Å². The van der Waals surface area contributed by atoms with Crippen LogP contribution in [0.1, 0.15) is 61.1 Å². The van der Waals surface area contributed by atoms with Crippen LogP contribution < -0.4 is 9.46 Å². The highest BCUT2D eigenvalue weighted by atomic mass is 32.2. The molecule has 7 nitrogen and oxygen atoms in total. The van der Waals surface area contributed by atoms with Crippen molar-refractivity contribution in [3.05, 3.63) is 65.2 Å². The highest BCUT2D eigenvalue weighted by Crippen LogP contribution is 2.92. The van der Waals surface area contributed by atoms with Gasteiger partial charge in [-0.25, -0.2) is 18.1 Å². The second kappa shape index (κ2) is 8.52. The molecule has 4 fully saturated rings. The molecule has 3 heterocycles. The van der Waals surface area contributed by atoms with Crippen LogP contribution in [0.2, 0.25) is 0 Å². The maximum atomic E-state index is 13.5. The van der Waals surface area contributed by atoms with E-state index in [4.69, 9.17) is 4.74 Å². The molecule has 1 aromatic heterocycles. The molecule has 3 saturated carbocycles. The maximum absolute atomic E-state index is 13.5. The lowest BCUT2D eigenvalue weighted by molar-refractivity contribution is 0.130. The Balaban J connectivity index is 1.19. The third kappa shape index (κ3) is 3.90. The normalized spacial score (nSPS) is 27.1. The van der Waals surface area contributed by atoms with Crippen molar-refractivity contribution < 1.29 is 13.2 Å². The van der Waals surface area contributed by atoms with Crippen LogP contribution in [-0.4, -0.2) is 49.0 Å². The summed E-state index contributed by atoms with van der Waals surface area (Å²) in [5.41, 5.74) is 6.18. The number of rotatable bonds is 3. The Morgan fingerprint density at radius 1 is 1.00 bits per heavy atom. The van der Waals surface area contributed by atoms with Gasteiger partial charge in [-0.2, -0.15) is 4.98 Å². The van der Waals surface area contributed by atoms with Crippen LogP contribution in [0.25, 0.3) is 11.3 Å². The number of nitrogens with zero attached hydrogens (tertiary/aromatic N) is 3. The molecule has 8 heteroatoms. The summed E-state index contributed by atoms with van der Waals surface area (Å²) in [7, 11) is -3.87. The van der Waals surface area contributed by atoms with Crippen LogP contribution in [0.4, 0.5) is 5.95 Å². The molecular formula is C32H36N4O3S. The lowest BCUT2D eigenvalue weighted by atomic mass is 9.91. The number of benzene rings is 2. The van der Waals surface area contributed by atoms with E-state index in [1.165, 1.54) is 25.7 Å². The zero-order chi connectivity index (χ0) is 27.3. The first kappa shape index (κ1) is 24.8. The van der Waals surface area contributed by atoms with Gasteiger partial charge >= 0.3 is 0 Å². The first-order valence-corrected chi connectivity index (χ1v) is 16.2. The summed E-state index contributed by atoms with van der Waals surface area (Å²) < 4.78 is 36.3. The van der Waals surface area contributed by atoms with Gasteiger partial charge in [-0.3, -0.25) is 4.90 Å². The van der Waals surface area contributed by atoms with E-state index in [1.807, 2.05) is 50.2 Å². The van der Waals surface area contributed by atoms with Gasteiger partial charge in [0.1, 0.15) is 6.10 Å². The number of aryl methyl sites for hydroxylation is 2. The molecular weight excluding hydrogens is 520 g/mol. The van der Waals surface area contributed by atoms with Gasteiger partial charge in [-0.1, -0.05) is 30.3 Å². The van der Waals surface area contributed by atoms with Crippen LogP contribution >= 0.6 is 0 Å². The molecule has 40 heavy (non-hydrogen) atoms. The molecule has 3 aromatic rings. The van der Waals surface area contributed by atoms with Crippen LogP contribution in [-0.2, 0) is 10.0 Å². The average molecular weight is 557 g/mol. The van der Waals surface area contributed by atoms with E-state index in [2.05, 4.69) is 25.7 Å². The minimum absolute atomic E-state index is 0.0347. The second-order valence-corrected chi connectivity index (χ2v) is 14.6. The average Bonchev–Trinajstić information content (AvgIpc) is 3.82. The summed E-state index contributed by atoms with van der Waals surface area (Å²) in [5, 5.41) is 0. The van der Waals surface area contributed by atoms with E-state index in [0.717, 1.165) is 60.6 Å². The number of nitrogens with one attached hydrogen (secondary N) is 1. The number of hydrogen-bond acceptors (Lipinski definition) is 6. The molecule has 2 aliphatic heterocycles. The Morgan fingerprint density at radius 2 is 1.73 bits per heavy atom. The van der Waals surface area contributed by atoms with Gasteiger partial charge < -0.3 is 4.74 Å². The smallest absolute Gasteiger partial charge is 0.264 e. The van der Waals surface area contributed by atoms with E-state index < -0.39 is 10.0 Å². The maximum Gasteiger partial charge on any atom is 0.264 e. The Labute approximate surface area is 236 Å². The monoisotopic (exact) mass is 556 g/mol. The van der Waals surface area contributed by atoms with Gasteiger partial charge in [0, 0.05) is 24.7 Å². The summed E-state index contributed by atoms with van der Waals surface area (Å²) >= 11 is 0.